The fraction of sp³-hybridized carbons (Fsp3) is 0.278. The van der Waals surface area contributed by atoms with E-state index in [1.165, 1.54) is 10.6 Å². The van der Waals surface area contributed by atoms with Crippen LogP contribution in [0.5, 0.6) is 5.75 Å². The average molecular weight is 380 g/mol. The van der Waals surface area contributed by atoms with Crippen molar-refractivity contribution in [3.05, 3.63) is 58.6 Å². The van der Waals surface area contributed by atoms with Gasteiger partial charge in [-0.15, -0.1) is 0 Å². The van der Waals surface area contributed by atoms with Crippen LogP contribution in [0.4, 0.5) is 5.69 Å². The molecule has 0 saturated heterocycles. The number of carbonyl (C=O) groups is 1. The summed E-state index contributed by atoms with van der Waals surface area (Å²) in [6.45, 7) is 0.367. The summed E-state index contributed by atoms with van der Waals surface area (Å²) in [6, 6.07) is 12.0. The Morgan fingerprint density at radius 3 is 2.76 bits per heavy atom. The third kappa shape index (κ3) is 4.14. The molecule has 0 aromatic heterocycles. The van der Waals surface area contributed by atoms with E-state index >= 15 is 0 Å². The first kappa shape index (κ1) is 17.8. The second kappa shape index (κ2) is 7.06. The van der Waals surface area contributed by atoms with Crippen LogP contribution in [0.3, 0.4) is 0 Å². The minimum absolute atomic E-state index is 0.102. The first-order chi connectivity index (χ1) is 11.8. The summed E-state index contributed by atoms with van der Waals surface area (Å²) >= 11 is 5.89. The number of nitrogens with zero attached hydrogens (tertiary/aromatic N) is 1. The molecule has 0 saturated carbocycles. The number of benzene rings is 2. The van der Waals surface area contributed by atoms with Crippen molar-refractivity contribution in [1.29, 1.82) is 0 Å². The minimum atomic E-state index is -3.31. The Hall–Kier alpha value is -2.05. The molecule has 25 heavy (non-hydrogen) atoms. The van der Waals surface area contributed by atoms with Crippen molar-refractivity contribution in [3.8, 4) is 5.75 Å². The normalized spacial score (nSPS) is 14.1. The van der Waals surface area contributed by atoms with E-state index in [4.69, 9.17) is 16.3 Å². The Balaban J connectivity index is 1.76. The van der Waals surface area contributed by atoms with E-state index in [2.05, 4.69) is 0 Å². The zero-order valence-corrected chi connectivity index (χ0v) is 15.3. The molecule has 1 aliphatic rings. The first-order valence-electron chi connectivity index (χ1n) is 7.87. The maximum Gasteiger partial charge on any atom is 0.232 e. The molecule has 3 rings (SSSR count). The summed E-state index contributed by atoms with van der Waals surface area (Å²) in [5, 5.41) is 0.541. The van der Waals surface area contributed by atoms with Crippen molar-refractivity contribution in [2.75, 3.05) is 23.7 Å². The fourth-order valence-corrected chi connectivity index (χ4v) is 4.05. The molecule has 0 radical (unpaired) electrons. The topological polar surface area (TPSA) is 63.7 Å². The van der Waals surface area contributed by atoms with Gasteiger partial charge in [0.15, 0.2) is 12.4 Å². The van der Waals surface area contributed by atoms with E-state index in [1.807, 2.05) is 0 Å². The van der Waals surface area contributed by atoms with Gasteiger partial charge in [-0.1, -0.05) is 17.7 Å². The first-order valence-corrected chi connectivity index (χ1v) is 10.1. The highest BCUT2D eigenvalue weighted by Crippen LogP contribution is 2.30. The summed E-state index contributed by atoms with van der Waals surface area (Å²) in [6.07, 6.45) is 2.67. The Morgan fingerprint density at radius 1 is 1.24 bits per heavy atom. The summed E-state index contributed by atoms with van der Waals surface area (Å²) < 4.78 is 30.6. The maximum atomic E-state index is 12.4. The molecule has 0 bridgehead atoms. The molecule has 0 atom stereocenters. The zero-order chi connectivity index (χ0) is 18.0. The van der Waals surface area contributed by atoms with Crippen LogP contribution in [-0.4, -0.2) is 33.6 Å². The van der Waals surface area contributed by atoms with E-state index in [-0.39, 0.29) is 12.4 Å². The monoisotopic (exact) mass is 379 g/mol. The van der Waals surface area contributed by atoms with Gasteiger partial charge in [-0.2, -0.15) is 0 Å². The SMILES string of the molecule is CS(=O)(=O)N1CCCc2cc(C(=O)COc3cccc(Cl)c3)ccc21. The van der Waals surface area contributed by atoms with Gasteiger partial charge in [-0.3, -0.25) is 9.10 Å². The number of hydrogen-bond acceptors (Lipinski definition) is 4. The second-order valence-corrected chi connectivity index (χ2v) is 8.29. The van der Waals surface area contributed by atoms with Crippen LogP contribution in [0.15, 0.2) is 42.5 Å². The standard InChI is InChI=1S/C18H18ClNO4S/c1-25(22,23)20-9-3-4-13-10-14(7-8-17(13)20)18(21)12-24-16-6-2-5-15(19)11-16/h2,5-8,10-11H,3-4,9,12H2,1H3. The molecular weight excluding hydrogens is 362 g/mol. The van der Waals surface area contributed by atoms with Gasteiger partial charge in [-0.05, 0) is 54.8 Å². The van der Waals surface area contributed by atoms with Gasteiger partial charge in [0.2, 0.25) is 10.0 Å². The smallest absolute Gasteiger partial charge is 0.232 e. The molecule has 0 fully saturated rings. The number of halogens is 1. The van der Waals surface area contributed by atoms with Gasteiger partial charge >= 0.3 is 0 Å². The number of carbonyl (C=O) groups excluding carboxylic acids is 1. The maximum absolute atomic E-state index is 12.4. The molecule has 0 aliphatic carbocycles. The number of hydrogen-bond donors (Lipinski definition) is 0. The van der Waals surface area contributed by atoms with Crippen LogP contribution in [0.2, 0.25) is 5.02 Å². The van der Waals surface area contributed by atoms with Crippen molar-refractivity contribution in [2.45, 2.75) is 12.8 Å². The summed E-state index contributed by atoms with van der Waals surface area (Å²) in [5.74, 6) is 0.362. The third-order valence-corrected chi connectivity index (χ3v) is 5.46. The molecule has 0 amide bonds. The second-order valence-electron chi connectivity index (χ2n) is 5.95. The lowest BCUT2D eigenvalue weighted by Gasteiger charge is -2.29. The molecule has 7 heteroatoms. The summed E-state index contributed by atoms with van der Waals surface area (Å²) in [4.78, 5) is 12.4. The van der Waals surface area contributed by atoms with Crippen LogP contribution in [-0.2, 0) is 16.4 Å². The number of fused-ring (bicyclic) bond motifs is 1. The highest BCUT2D eigenvalue weighted by atomic mass is 35.5. The lowest BCUT2D eigenvalue weighted by atomic mass is 9.99. The van der Waals surface area contributed by atoms with Crippen molar-refractivity contribution >= 4 is 33.1 Å². The Labute approximate surface area is 152 Å². The largest absolute Gasteiger partial charge is 0.485 e. The molecule has 5 nitrogen and oxygen atoms in total. The highest BCUT2D eigenvalue weighted by molar-refractivity contribution is 7.92. The van der Waals surface area contributed by atoms with Crippen molar-refractivity contribution in [1.82, 2.24) is 0 Å². The molecule has 2 aromatic carbocycles. The molecule has 1 aliphatic heterocycles. The molecule has 132 valence electrons. The number of ether oxygens (including phenoxy) is 1. The van der Waals surface area contributed by atoms with Crippen LogP contribution in [0.1, 0.15) is 22.3 Å². The van der Waals surface area contributed by atoms with Crippen LogP contribution < -0.4 is 9.04 Å². The molecule has 0 spiro atoms. The molecular formula is C18H18ClNO4S. The number of sulfonamides is 1. The van der Waals surface area contributed by atoms with Gasteiger partial charge in [0.25, 0.3) is 0 Å². The van der Waals surface area contributed by atoms with Crippen LogP contribution in [0, 0.1) is 0 Å². The zero-order valence-electron chi connectivity index (χ0n) is 13.7. The number of ketones is 1. The van der Waals surface area contributed by atoms with Crippen LogP contribution in [0.25, 0.3) is 0 Å². The highest BCUT2D eigenvalue weighted by Gasteiger charge is 2.24. The quantitative estimate of drug-likeness (QED) is 0.747. The lowest BCUT2D eigenvalue weighted by Crippen LogP contribution is -2.34. The predicted octanol–water partition coefficient (Wildman–Crippen LogP) is 3.31. The molecule has 2 aromatic rings. The number of rotatable bonds is 5. The van der Waals surface area contributed by atoms with Gasteiger partial charge < -0.3 is 4.74 Å². The van der Waals surface area contributed by atoms with Gasteiger partial charge in [0.1, 0.15) is 5.75 Å². The summed E-state index contributed by atoms with van der Waals surface area (Å²) in [5.41, 5.74) is 2.03. The molecule has 0 unspecified atom stereocenters. The Kier molecular flexibility index (Phi) is 5.01. The van der Waals surface area contributed by atoms with Crippen molar-refractivity contribution < 1.29 is 17.9 Å². The van der Waals surface area contributed by atoms with E-state index < -0.39 is 10.0 Å². The van der Waals surface area contributed by atoms with E-state index in [9.17, 15) is 13.2 Å². The Morgan fingerprint density at radius 2 is 2.04 bits per heavy atom. The van der Waals surface area contributed by atoms with Gasteiger partial charge in [0.05, 0.1) is 11.9 Å². The minimum Gasteiger partial charge on any atom is -0.485 e. The molecule has 1 heterocycles. The Bertz CT molecular complexity index is 911. The van der Waals surface area contributed by atoms with E-state index in [0.717, 1.165) is 18.4 Å². The molecule has 0 N–H and O–H groups in total. The van der Waals surface area contributed by atoms with Gasteiger partial charge in [-0.25, -0.2) is 8.42 Å². The summed E-state index contributed by atoms with van der Waals surface area (Å²) in [7, 11) is -3.31. The van der Waals surface area contributed by atoms with Crippen LogP contribution >= 0.6 is 11.6 Å². The van der Waals surface area contributed by atoms with Crippen molar-refractivity contribution in [2.24, 2.45) is 0 Å². The van der Waals surface area contributed by atoms with E-state index in [1.54, 1.807) is 42.5 Å². The number of aryl methyl sites for hydroxylation is 1. The number of anilines is 1. The number of Topliss-reactive ketones (excluding diaryl/α,β-unsaturated/α-hetero) is 1. The predicted molar refractivity (Wildman–Crippen MR) is 98.2 cm³/mol. The van der Waals surface area contributed by atoms with Gasteiger partial charge in [0, 0.05) is 17.1 Å². The van der Waals surface area contributed by atoms with E-state index in [0.29, 0.717) is 28.6 Å². The fourth-order valence-electron chi connectivity index (χ4n) is 2.87. The third-order valence-electron chi connectivity index (χ3n) is 4.04. The lowest BCUT2D eigenvalue weighted by molar-refractivity contribution is 0.0921. The average Bonchev–Trinajstić information content (AvgIpc) is 2.58. The van der Waals surface area contributed by atoms with Crippen molar-refractivity contribution in [3.63, 3.8) is 0 Å².